The predicted octanol–water partition coefficient (Wildman–Crippen LogP) is 0.164. The molecule has 4 heteroatoms. The summed E-state index contributed by atoms with van der Waals surface area (Å²) in [6, 6.07) is 1.68. The van der Waals surface area contributed by atoms with Crippen LogP contribution in [0.25, 0.3) is 0 Å². The van der Waals surface area contributed by atoms with Gasteiger partial charge in [0.25, 0.3) is 0 Å². The Kier molecular flexibility index (Phi) is 3.82. The van der Waals surface area contributed by atoms with Gasteiger partial charge in [-0.05, 0) is 6.42 Å². The van der Waals surface area contributed by atoms with Gasteiger partial charge in [0.1, 0.15) is 0 Å². The lowest BCUT2D eigenvalue weighted by Gasteiger charge is -2.10. The zero-order valence-electron chi connectivity index (χ0n) is 5.09. The third-order valence-electron chi connectivity index (χ3n) is 1.73. The minimum Gasteiger partial charge on any atom is -0.311 e. The van der Waals surface area contributed by atoms with Crippen LogP contribution >= 0.6 is 24.8 Å². The molecule has 1 heterocycles. The van der Waals surface area contributed by atoms with E-state index in [1.54, 1.807) is 0 Å². The first-order valence-corrected chi connectivity index (χ1v) is 2.93. The Morgan fingerprint density at radius 3 is 1.67 bits per heavy atom. The molecule has 2 unspecified atom stereocenters. The summed E-state index contributed by atoms with van der Waals surface area (Å²) in [7, 11) is 0. The average molecular weight is 171 g/mol. The number of nitrogens with one attached hydrogen (secondary N) is 2. The zero-order valence-corrected chi connectivity index (χ0v) is 6.73. The molecule has 2 nitrogen and oxygen atoms in total. The summed E-state index contributed by atoms with van der Waals surface area (Å²) < 4.78 is 0. The second kappa shape index (κ2) is 3.62. The first-order valence-electron chi connectivity index (χ1n) is 2.93. The molecule has 0 aromatic heterocycles. The Morgan fingerprint density at radius 2 is 1.33 bits per heavy atom. The van der Waals surface area contributed by atoms with Crippen LogP contribution in [0.15, 0.2) is 0 Å². The summed E-state index contributed by atoms with van der Waals surface area (Å²) in [6.45, 7) is 2.34. The lowest BCUT2D eigenvalue weighted by molar-refractivity contribution is 0.528. The molecule has 56 valence electrons. The maximum atomic E-state index is 3.39. The first-order chi connectivity index (χ1) is 3.47. The molecule has 2 rings (SSSR count). The van der Waals surface area contributed by atoms with Gasteiger partial charge in [-0.3, -0.25) is 0 Å². The van der Waals surface area contributed by atoms with Crippen molar-refractivity contribution in [3.8, 4) is 0 Å². The number of halogens is 2. The summed E-state index contributed by atoms with van der Waals surface area (Å²) in [5.41, 5.74) is 0. The number of rotatable bonds is 0. The first kappa shape index (κ1) is 9.50. The van der Waals surface area contributed by atoms with Gasteiger partial charge in [-0.25, -0.2) is 0 Å². The molecule has 0 aromatic rings. The van der Waals surface area contributed by atoms with E-state index in [0.29, 0.717) is 0 Å². The van der Waals surface area contributed by atoms with Gasteiger partial charge in [0.05, 0.1) is 0 Å². The van der Waals surface area contributed by atoms with Crippen molar-refractivity contribution in [3.63, 3.8) is 0 Å². The fraction of sp³-hybridized carbons (Fsp3) is 1.00. The van der Waals surface area contributed by atoms with Crippen molar-refractivity contribution in [3.05, 3.63) is 0 Å². The van der Waals surface area contributed by atoms with Gasteiger partial charge in [-0.15, -0.1) is 24.8 Å². The van der Waals surface area contributed by atoms with E-state index >= 15 is 0 Å². The van der Waals surface area contributed by atoms with E-state index in [4.69, 9.17) is 0 Å². The van der Waals surface area contributed by atoms with Gasteiger partial charge >= 0.3 is 0 Å². The largest absolute Gasteiger partial charge is 0.311 e. The van der Waals surface area contributed by atoms with E-state index in [1.807, 2.05) is 0 Å². The number of piperazine rings is 1. The quantitative estimate of drug-likeness (QED) is 0.542. The number of fused-ring (bicyclic) bond motifs is 1. The summed E-state index contributed by atoms with van der Waals surface area (Å²) in [6.07, 6.45) is 1.36. The molecule has 0 bridgehead atoms. The van der Waals surface area contributed by atoms with Crippen LogP contribution in [0.4, 0.5) is 0 Å². The van der Waals surface area contributed by atoms with Crippen molar-refractivity contribution in [1.82, 2.24) is 10.6 Å². The Balaban J connectivity index is 0.000000320. The monoisotopic (exact) mass is 170 g/mol. The maximum Gasteiger partial charge on any atom is 0.0237 e. The molecule has 1 saturated heterocycles. The Bertz CT molecular complexity index is 79.0. The third kappa shape index (κ3) is 1.97. The van der Waals surface area contributed by atoms with Gasteiger partial charge in [0.15, 0.2) is 0 Å². The van der Waals surface area contributed by atoms with Gasteiger partial charge in [-0.2, -0.15) is 0 Å². The second-order valence-electron chi connectivity index (χ2n) is 2.36. The highest BCUT2D eigenvalue weighted by molar-refractivity contribution is 5.85. The zero-order chi connectivity index (χ0) is 4.69. The molecule has 9 heavy (non-hydrogen) atoms. The number of hydrogen-bond donors (Lipinski definition) is 2. The lowest BCUT2D eigenvalue weighted by atomic mass is 10.4. The van der Waals surface area contributed by atoms with Crippen molar-refractivity contribution in [1.29, 1.82) is 0 Å². The molecular formula is C5H12Cl2N2. The standard InChI is InChI=1S/C5H10N2.2ClH/c1-2-7-5-3-4(5)6-1;;/h4-7H,1-3H2;2*1H. The van der Waals surface area contributed by atoms with Crippen LogP contribution in [-0.4, -0.2) is 25.2 Å². The van der Waals surface area contributed by atoms with Crippen LogP contribution in [0.3, 0.4) is 0 Å². The molecule has 2 N–H and O–H groups in total. The molecule has 0 spiro atoms. The Labute approximate surface area is 67.6 Å². The highest BCUT2D eigenvalue weighted by Crippen LogP contribution is 2.22. The topological polar surface area (TPSA) is 24.1 Å². The van der Waals surface area contributed by atoms with Crippen molar-refractivity contribution < 1.29 is 0 Å². The van der Waals surface area contributed by atoms with Gasteiger partial charge < -0.3 is 10.6 Å². The fourth-order valence-electron chi connectivity index (χ4n) is 1.16. The summed E-state index contributed by atoms with van der Waals surface area (Å²) in [5.74, 6) is 0. The highest BCUT2D eigenvalue weighted by Gasteiger charge is 2.38. The molecule has 1 aliphatic heterocycles. The molecule has 0 amide bonds. The SMILES string of the molecule is C1CNC2CC2N1.Cl.Cl. The Hall–Kier alpha value is 0.500. The van der Waals surface area contributed by atoms with Crippen molar-refractivity contribution in [2.45, 2.75) is 18.5 Å². The van der Waals surface area contributed by atoms with E-state index in [0.717, 1.165) is 12.1 Å². The highest BCUT2D eigenvalue weighted by atomic mass is 35.5. The predicted molar refractivity (Wildman–Crippen MR) is 42.7 cm³/mol. The summed E-state index contributed by atoms with van der Waals surface area (Å²) >= 11 is 0. The molecule has 1 aliphatic carbocycles. The van der Waals surface area contributed by atoms with Crippen molar-refractivity contribution >= 4 is 24.8 Å². The smallest absolute Gasteiger partial charge is 0.0237 e. The van der Waals surface area contributed by atoms with E-state index in [2.05, 4.69) is 10.6 Å². The fourth-order valence-corrected chi connectivity index (χ4v) is 1.16. The summed E-state index contributed by atoms with van der Waals surface area (Å²) in [4.78, 5) is 0. The van der Waals surface area contributed by atoms with Crippen LogP contribution in [-0.2, 0) is 0 Å². The molecule has 2 atom stereocenters. The van der Waals surface area contributed by atoms with Crippen LogP contribution in [0, 0.1) is 0 Å². The molecule has 0 radical (unpaired) electrons. The van der Waals surface area contributed by atoms with Gasteiger partial charge in [0.2, 0.25) is 0 Å². The van der Waals surface area contributed by atoms with Crippen LogP contribution in [0.2, 0.25) is 0 Å². The van der Waals surface area contributed by atoms with Crippen LogP contribution in [0.1, 0.15) is 6.42 Å². The average Bonchev–Trinajstić information content (AvgIpc) is 2.41. The lowest BCUT2D eigenvalue weighted by Crippen LogP contribution is -2.39. The summed E-state index contributed by atoms with van der Waals surface area (Å²) in [5, 5.41) is 6.79. The minimum absolute atomic E-state index is 0. The van der Waals surface area contributed by atoms with Crippen molar-refractivity contribution in [2.24, 2.45) is 0 Å². The third-order valence-corrected chi connectivity index (χ3v) is 1.73. The molecular weight excluding hydrogens is 159 g/mol. The van der Waals surface area contributed by atoms with Gasteiger partial charge in [0, 0.05) is 25.2 Å². The molecule has 0 aromatic carbocycles. The second-order valence-corrected chi connectivity index (χ2v) is 2.36. The van der Waals surface area contributed by atoms with Crippen LogP contribution < -0.4 is 10.6 Å². The van der Waals surface area contributed by atoms with E-state index in [1.165, 1.54) is 19.5 Å². The van der Waals surface area contributed by atoms with E-state index in [9.17, 15) is 0 Å². The van der Waals surface area contributed by atoms with E-state index < -0.39 is 0 Å². The maximum absolute atomic E-state index is 3.39. The Morgan fingerprint density at radius 1 is 0.889 bits per heavy atom. The van der Waals surface area contributed by atoms with E-state index in [-0.39, 0.29) is 24.8 Å². The molecule has 2 fully saturated rings. The number of hydrogen-bond acceptors (Lipinski definition) is 2. The van der Waals surface area contributed by atoms with Gasteiger partial charge in [-0.1, -0.05) is 0 Å². The normalized spacial score (nSPS) is 37.3. The minimum atomic E-state index is 0. The molecule has 1 saturated carbocycles. The van der Waals surface area contributed by atoms with Crippen molar-refractivity contribution in [2.75, 3.05) is 13.1 Å². The molecule has 2 aliphatic rings. The van der Waals surface area contributed by atoms with Crippen LogP contribution in [0.5, 0.6) is 0 Å².